The van der Waals surface area contributed by atoms with Crippen molar-refractivity contribution in [2.24, 2.45) is 0 Å². The maximum Gasteiger partial charge on any atom is 0.200 e. The van der Waals surface area contributed by atoms with E-state index in [1.807, 2.05) is 42.5 Å². The Balaban J connectivity index is 1.76. The van der Waals surface area contributed by atoms with Gasteiger partial charge in [0, 0.05) is 11.6 Å². The lowest BCUT2D eigenvalue weighted by Gasteiger charge is -2.10. The summed E-state index contributed by atoms with van der Waals surface area (Å²) in [5.41, 5.74) is 1.07. The highest BCUT2D eigenvalue weighted by molar-refractivity contribution is 6.00. The second-order valence-electron chi connectivity index (χ2n) is 5.25. The van der Waals surface area contributed by atoms with E-state index in [0.29, 0.717) is 22.6 Å². The summed E-state index contributed by atoms with van der Waals surface area (Å²) in [6, 6.07) is 20.3. The molecule has 118 valence electrons. The van der Waals surface area contributed by atoms with Gasteiger partial charge >= 0.3 is 0 Å². The molecular weight excluding hydrogens is 302 g/mol. The maximum absolute atomic E-state index is 12.4. The molecule has 3 aromatic carbocycles. The fraction of sp³-hybridized carbons (Fsp3) is 0.100. The van der Waals surface area contributed by atoms with Gasteiger partial charge < -0.3 is 9.47 Å². The normalized spacial score (nSPS) is 10.2. The van der Waals surface area contributed by atoms with E-state index in [2.05, 4.69) is 0 Å². The Labute approximate surface area is 139 Å². The quantitative estimate of drug-likeness (QED) is 0.668. The molecule has 0 amide bonds. The lowest BCUT2D eigenvalue weighted by Crippen LogP contribution is -2.12. The number of ether oxygens (including phenoxy) is 2. The molecule has 3 rings (SSSR count). The van der Waals surface area contributed by atoms with Gasteiger partial charge in [0.25, 0.3) is 0 Å². The van der Waals surface area contributed by atoms with Crippen LogP contribution < -0.4 is 9.47 Å². The molecule has 0 N–H and O–H groups in total. The van der Waals surface area contributed by atoms with E-state index in [1.54, 1.807) is 24.3 Å². The molecule has 0 aromatic heterocycles. The summed E-state index contributed by atoms with van der Waals surface area (Å²) in [6.07, 6.45) is 0. The number of hydrogen-bond acceptors (Lipinski definition) is 4. The number of carbonyl (C=O) groups excluding carboxylic acids is 1. The van der Waals surface area contributed by atoms with Crippen molar-refractivity contribution in [3.8, 4) is 17.6 Å². The van der Waals surface area contributed by atoms with Crippen molar-refractivity contribution in [3.05, 3.63) is 71.8 Å². The second-order valence-corrected chi connectivity index (χ2v) is 5.25. The standard InChI is InChI=1S/C20H15NO3/c1-23-20-10-14(12-21)6-9-19(20)24-13-18(22)17-8-7-15-4-2-3-5-16(15)11-17/h2-11H,13H2,1H3. The van der Waals surface area contributed by atoms with Gasteiger partial charge in [-0.1, -0.05) is 36.4 Å². The average molecular weight is 317 g/mol. The molecule has 0 aliphatic heterocycles. The minimum absolute atomic E-state index is 0.0966. The predicted octanol–water partition coefficient (Wildman–Crippen LogP) is 3.98. The van der Waals surface area contributed by atoms with Crippen molar-refractivity contribution >= 4 is 16.6 Å². The van der Waals surface area contributed by atoms with Crippen LogP contribution >= 0.6 is 0 Å². The lowest BCUT2D eigenvalue weighted by molar-refractivity contribution is 0.0919. The summed E-state index contributed by atoms with van der Waals surface area (Å²) in [7, 11) is 1.49. The summed E-state index contributed by atoms with van der Waals surface area (Å²) in [6.45, 7) is -0.0966. The largest absolute Gasteiger partial charge is 0.493 e. The zero-order valence-electron chi connectivity index (χ0n) is 13.2. The van der Waals surface area contributed by atoms with Gasteiger partial charge in [0.05, 0.1) is 18.7 Å². The minimum atomic E-state index is -0.118. The van der Waals surface area contributed by atoms with Gasteiger partial charge in [-0.05, 0) is 29.0 Å². The van der Waals surface area contributed by atoms with Crippen LogP contribution in [-0.2, 0) is 0 Å². The molecule has 3 aromatic rings. The van der Waals surface area contributed by atoms with E-state index in [0.717, 1.165) is 10.8 Å². The average Bonchev–Trinajstić information content (AvgIpc) is 2.65. The molecule has 0 radical (unpaired) electrons. The molecule has 0 spiro atoms. The van der Waals surface area contributed by atoms with Crippen LogP contribution in [0.15, 0.2) is 60.7 Å². The first-order valence-electron chi connectivity index (χ1n) is 7.44. The number of benzene rings is 3. The summed E-state index contributed by atoms with van der Waals surface area (Å²) in [5, 5.41) is 11.0. The molecular formula is C20H15NO3. The number of carbonyl (C=O) groups is 1. The van der Waals surface area contributed by atoms with Gasteiger partial charge in [0.2, 0.25) is 0 Å². The molecule has 0 atom stereocenters. The highest BCUT2D eigenvalue weighted by atomic mass is 16.5. The monoisotopic (exact) mass is 317 g/mol. The SMILES string of the molecule is COc1cc(C#N)ccc1OCC(=O)c1ccc2ccccc2c1. The molecule has 0 bridgehead atoms. The van der Waals surface area contributed by atoms with Gasteiger partial charge in [-0.2, -0.15) is 5.26 Å². The minimum Gasteiger partial charge on any atom is -0.493 e. The Morgan fingerprint density at radius 3 is 2.54 bits per heavy atom. The molecule has 0 unspecified atom stereocenters. The van der Waals surface area contributed by atoms with Gasteiger partial charge in [-0.3, -0.25) is 4.79 Å². The van der Waals surface area contributed by atoms with E-state index >= 15 is 0 Å². The molecule has 0 saturated heterocycles. The van der Waals surface area contributed by atoms with Crippen LogP contribution in [0.4, 0.5) is 0 Å². The topological polar surface area (TPSA) is 59.3 Å². The number of ketones is 1. The predicted molar refractivity (Wildman–Crippen MR) is 91.5 cm³/mol. The molecule has 4 heteroatoms. The smallest absolute Gasteiger partial charge is 0.200 e. The number of nitriles is 1. The van der Waals surface area contributed by atoms with Crippen molar-refractivity contribution in [1.82, 2.24) is 0 Å². The molecule has 0 aliphatic rings. The Kier molecular flexibility index (Phi) is 4.44. The van der Waals surface area contributed by atoms with E-state index in [4.69, 9.17) is 14.7 Å². The first-order chi connectivity index (χ1) is 11.7. The van der Waals surface area contributed by atoms with Gasteiger partial charge in [0.1, 0.15) is 0 Å². The van der Waals surface area contributed by atoms with Crippen molar-refractivity contribution in [2.75, 3.05) is 13.7 Å². The fourth-order valence-electron chi connectivity index (χ4n) is 2.45. The summed E-state index contributed by atoms with van der Waals surface area (Å²) in [5.74, 6) is 0.748. The first kappa shape index (κ1) is 15.6. The molecule has 24 heavy (non-hydrogen) atoms. The van der Waals surface area contributed by atoms with Gasteiger partial charge in [-0.15, -0.1) is 0 Å². The number of Topliss-reactive ketones (excluding diaryl/α,β-unsaturated/α-hetero) is 1. The van der Waals surface area contributed by atoms with Crippen molar-refractivity contribution < 1.29 is 14.3 Å². The van der Waals surface area contributed by atoms with Crippen LogP contribution in [0.1, 0.15) is 15.9 Å². The molecule has 0 aliphatic carbocycles. The van der Waals surface area contributed by atoms with E-state index in [9.17, 15) is 4.79 Å². The van der Waals surface area contributed by atoms with Crippen LogP contribution in [0, 0.1) is 11.3 Å². The maximum atomic E-state index is 12.4. The zero-order chi connectivity index (χ0) is 16.9. The summed E-state index contributed by atoms with van der Waals surface area (Å²) < 4.78 is 10.8. The Morgan fingerprint density at radius 1 is 1.00 bits per heavy atom. The Morgan fingerprint density at radius 2 is 1.79 bits per heavy atom. The zero-order valence-corrected chi connectivity index (χ0v) is 13.2. The van der Waals surface area contributed by atoms with E-state index in [-0.39, 0.29) is 12.4 Å². The Bertz CT molecular complexity index is 941. The molecule has 0 saturated carbocycles. The summed E-state index contributed by atoms with van der Waals surface area (Å²) >= 11 is 0. The molecule has 0 fully saturated rings. The van der Waals surface area contributed by atoms with Crippen LogP contribution in [0.5, 0.6) is 11.5 Å². The number of rotatable bonds is 5. The first-order valence-corrected chi connectivity index (χ1v) is 7.44. The van der Waals surface area contributed by atoms with E-state index < -0.39 is 0 Å². The van der Waals surface area contributed by atoms with Crippen molar-refractivity contribution in [3.63, 3.8) is 0 Å². The number of hydrogen-bond donors (Lipinski definition) is 0. The van der Waals surface area contributed by atoms with Crippen LogP contribution in [0.25, 0.3) is 10.8 Å². The third kappa shape index (κ3) is 3.21. The van der Waals surface area contributed by atoms with E-state index in [1.165, 1.54) is 7.11 Å². The summed E-state index contributed by atoms with van der Waals surface area (Å²) in [4.78, 5) is 12.4. The number of nitrogens with zero attached hydrogens (tertiary/aromatic N) is 1. The van der Waals surface area contributed by atoms with Gasteiger partial charge in [-0.25, -0.2) is 0 Å². The fourth-order valence-corrected chi connectivity index (χ4v) is 2.45. The van der Waals surface area contributed by atoms with Crippen LogP contribution in [0.2, 0.25) is 0 Å². The third-order valence-electron chi connectivity index (χ3n) is 3.72. The lowest BCUT2D eigenvalue weighted by atomic mass is 10.0. The molecule has 4 nitrogen and oxygen atoms in total. The highest BCUT2D eigenvalue weighted by Gasteiger charge is 2.11. The number of methoxy groups -OCH3 is 1. The highest BCUT2D eigenvalue weighted by Crippen LogP contribution is 2.28. The third-order valence-corrected chi connectivity index (χ3v) is 3.72. The van der Waals surface area contributed by atoms with Crippen molar-refractivity contribution in [1.29, 1.82) is 5.26 Å². The van der Waals surface area contributed by atoms with Crippen molar-refractivity contribution in [2.45, 2.75) is 0 Å². The van der Waals surface area contributed by atoms with Crippen LogP contribution in [0.3, 0.4) is 0 Å². The second kappa shape index (κ2) is 6.84. The number of fused-ring (bicyclic) bond motifs is 1. The van der Waals surface area contributed by atoms with Gasteiger partial charge in [0.15, 0.2) is 23.9 Å². The Hall–Kier alpha value is -3.32. The molecule has 0 heterocycles. The van der Waals surface area contributed by atoms with Crippen LogP contribution in [-0.4, -0.2) is 19.5 Å².